The first-order chi connectivity index (χ1) is 10.6. The number of aliphatic hydroxyl groups excluding tert-OH is 1. The molecule has 0 aromatic heterocycles. The number of nitrogens with one attached hydrogen (secondary N) is 2. The molecular weight excluding hydrogens is 278 g/mol. The molecule has 0 saturated heterocycles. The van der Waals surface area contributed by atoms with Gasteiger partial charge < -0.3 is 20.5 Å². The van der Waals surface area contributed by atoms with Crippen LogP contribution in [0.4, 0.5) is 0 Å². The third kappa shape index (κ3) is 6.51. The van der Waals surface area contributed by atoms with Gasteiger partial charge in [-0.3, -0.25) is 4.99 Å². The number of benzene rings is 1. The number of rotatable bonds is 7. The maximum Gasteiger partial charge on any atom is 0.192 e. The molecule has 0 aliphatic rings. The van der Waals surface area contributed by atoms with E-state index in [1.54, 1.807) is 0 Å². The SMILES string of the molecule is C#CCNC(=NCC(O)c1cccc(OC(C)C)c1)NCC. The number of nitrogens with zero attached hydrogens (tertiary/aromatic N) is 1. The standard InChI is InChI=1S/C17H25N3O2/c1-5-10-19-17(18-6-2)20-12-16(21)14-8-7-9-15(11-14)22-13(3)4/h1,7-9,11,13,16,21H,6,10,12H2,2-4H3,(H2,18,19,20). The van der Waals surface area contributed by atoms with Crippen LogP contribution in [0.1, 0.15) is 32.4 Å². The van der Waals surface area contributed by atoms with Crippen molar-refractivity contribution in [1.29, 1.82) is 0 Å². The third-order valence-electron chi connectivity index (χ3n) is 2.74. The molecule has 1 rings (SSSR count). The molecule has 5 heteroatoms. The van der Waals surface area contributed by atoms with Crippen molar-refractivity contribution in [3.05, 3.63) is 29.8 Å². The van der Waals surface area contributed by atoms with Gasteiger partial charge in [-0.05, 0) is 38.5 Å². The first-order valence-electron chi connectivity index (χ1n) is 7.47. The zero-order valence-electron chi connectivity index (χ0n) is 13.5. The van der Waals surface area contributed by atoms with Crippen molar-refractivity contribution >= 4 is 5.96 Å². The minimum absolute atomic E-state index is 0.0960. The highest BCUT2D eigenvalue weighted by molar-refractivity contribution is 5.80. The van der Waals surface area contributed by atoms with Gasteiger partial charge in [0, 0.05) is 6.54 Å². The predicted molar refractivity (Wildman–Crippen MR) is 90.0 cm³/mol. The first-order valence-corrected chi connectivity index (χ1v) is 7.47. The van der Waals surface area contributed by atoms with Gasteiger partial charge in [-0.1, -0.05) is 18.1 Å². The monoisotopic (exact) mass is 303 g/mol. The van der Waals surface area contributed by atoms with E-state index in [-0.39, 0.29) is 12.6 Å². The quantitative estimate of drug-likeness (QED) is 0.407. The maximum absolute atomic E-state index is 10.3. The van der Waals surface area contributed by atoms with Crippen molar-refractivity contribution in [3.8, 4) is 18.1 Å². The van der Waals surface area contributed by atoms with Crippen molar-refractivity contribution < 1.29 is 9.84 Å². The van der Waals surface area contributed by atoms with E-state index < -0.39 is 6.10 Å². The molecule has 1 aromatic carbocycles. The molecular formula is C17H25N3O2. The molecule has 1 unspecified atom stereocenters. The average molecular weight is 303 g/mol. The number of hydrogen-bond donors (Lipinski definition) is 3. The molecule has 0 fully saturated rings. The number of aliphatic hydroxyl groups is 1. The highest BCUT2D eigenvalue weighted by Gasteiger charge is 2.09. The number of aliphatic imine (C=N–C) groups is 1. The van der Waals surface area contributed by atoms with E-state index in [1.807, 2.05) is 45.0 Å². The molecule has 22 heavy (non-hydrogen) atoms. The van der Waals surface area contributed by atoms with Crippen molar-refractivity contribution in [3.63, 3.8) is 0 Å². The van der Waals surface area contributed by atoms with E-state index >= 15 is 0 Å². The lowest BCUT2D eigenvalue weighted by molar-refractivity contribution is 0.185. The molecule has 0 aliphatic carbocycles. The zero-order valence-corrected chi connectivity index (χ0v) is 13.5. The summed E-state index contributed by atoms with van der Waals surface area (Å²) >= 11 is 0. The first kappa shape index (κ1) is 17.9. The van der Waals surface area contributed by atoms with Gasteiger partial charge in [0.1, 0.15) is 5.75 Å². The van der Waals surface area contributed by atoms with Crippen molar-refractivity contribution in [2.45, 2.75) is 33.0 Å². The fourth-order valence-corrected chi connectivity index (χ4v) is 1.83. The summed E-state index contributed by atoms with van der Waals surface area (Å²) in [5, 5.41) is 16.3. The average Bonchev–Trinajstić information content (AvgIpc) is 2.49. The van der Waals surface area contributed by atoms with Crippen LogP contribution in [0, 0.1) is 12.3 Å². The highest BCUT2D eigenvalue weighted by atomic mass is 16.5. The van der Waals surface area contributed by atoms with Gasteiger partial charge in [0.15, 0.2) is 5.96 Å². The van der Waals surface area contributed by atoms with Crippen LogP contribution < -0.4 is 15.4 Å². The van der Waals surface area contributed by atoms with Crippen LogP contribution in [0.3, 0.4) is 0 Å². The molecule has 1 atom stereocenters. The van der Waals surface area contributed by atoms with Crippen LogP contribution in [0.25, 0.3) is 0 Å². The van der Waals surface area contributed by atoms with Gasteiger partial charge in [-0.25, -0.2) is 0 Å². The molecule has 3 N–H and O–H groups in total. The van der Waals surface area contributed by atoms with E-state index in [1.165, 1.54) is 0 Å². The zero-order chi connectivity index (χ0) is 16.4. The molecule has 0 amide bonds. The van der Waals surface area contributed by atoms with Crippen molar-refractivity contribution in [2.75, 3.05) is 19.6 Å². The Morgan fingerprint density at radius 1 is 1.41 bits per heavy atom. The Hall–Kier alpha value is -2.19. The van der Waals surface area contributed by atoms with Gasteiger partial charge >= 0.3 is 0 Å². The summed E-state index contributed by atoms with van der Waals surface area (Å²) in [6.45, 7) is 7.26. The second-order valence-electron chi connectivity index (χ2n) is 5.03. The minimum atomic E-state index is -0.697. The van der Waals surface area contributed by atoms with E-state index in [0.717, 1.165) is 17.9 Å². The maximum atomic E-state index is 10.3. The molecule has 1 aromatic rings. The number of hydrogen-bond acceptors (Lipinski definition) is 3. The van der Waals surface area contributed by atoms with Crippen LogP contribution >= 0.6 is 0 Å². The Morgan fingerprint density at radius 3 is 2.82 bits per heavy atom. The second kappa shape index (κ2) is 9.69. The molecule has 0 radical (unpaired) electrons. The summed E-state index contributed by atoms with van der Waals surface area (Å²) in [4.78, 5) is 4.33. The largest absolute Gasteiger partial charge is 0.491 e. The minimum Gasteiger partial charge on any atom is -0.491 e. The molecule has 0 spiro atoms. The Morgan fingerprint density at radius 2 is 2.18 bits per heavy atom. The summed E-state index contributed by atoms with van der Waals surface area (Å²) in [6, 6.07) is 7.43. The fraction of sp³-hybridized carbons (Fsp3) is 0.471. The van der Waals surface area contributed by atoms with Gasteiger partial charge in [0.25, 0.3) is 0 Å². The van der Waals surface area contributed by atoms with Crippen LogP contribution in [-0.4, -0.2) is 36.8 Å². The summed E-state index contributed by atoms with van der Waals surface area (Å²) in [5.41, 5.74) is 0.773. The molecule has 5 nitrogen and oxygen atoms in total. The summed E-state index contributed by atoms with van der Waals surface area (Å²) in [6.07, 6.45) is 4.62. The highest BCUT2D eigenvalue weighted by Crippen LogP contribution is 2.20. The molecule has 120 valence electrons. The van der Waals surface area contributed by atoms with Gasteiger partial charge in [0.2, 0.25) is 0 Å². The Balaban J connectivity index is 2.70. The van der Waals surface area contributed by atoms with E-state index in [0.29, 0.717) is 12.5 Å². The smallest absolute Gasteiger partial charge is 0.192 e. The molecule has 0 heterocycles. The summed E-state index contributed by atoms with van der Waals surface area (Å²) < 4.78 is 5.63. The summed E-state index contributed by atoms with van der Waals surface area (Å²) in [7, 11) is 0. The second-order valence-corrected chi connectivity index (χ2v) is 5.03. The number of guanidine groups is 1. The van der Waals surface area contributed by atoms with Crippen molar-refractivity contribution in [2.24, 2.45) is 4.99 Å². The lowest BCUT2D eigenvalue weighted by Crippen LogP contribution is -2.37. The van der Waals surface area contributed by atoms with Crippen molar-refractivity contribution in [1.82, 2.24) is 10.6 Å². The number of ether oxygens (including phenoxy) is 1. The van der Waals surface area contributed by atoms with Gasteiger partial charge in [-0.2, -0.15) is 0 Å². The normalized spacial score (nSPS) is 12.6. The van der Waals surface area contributed by atoms with E-state index in [2.05, 4.69) is 21.5 Å². The predicted octanol–water partition coefficient (Wildman–Crippen LogP) is 1.70. The lowest BCUT2D eigenvalue weighted by atomic mass is 10.1. The van der Waals surface area contributed by atoms with E-state index in [4.69, 9.17) is 11.2 Å². The van der Waals surface area contributed by atoms with E-state index in [9.17, 15) is 5.11 Å². The molecule has 0 aliphatic heterocycles. The molecule has 0 saturated carbocycles. The number of terminal acetylenes is 1. The third-order valence-corrected chi connectivity index (χ3v) is 2.74. The topological polar surface area (TPSA) is 65.9 Å². The van der Waals surface area contributed by atoms with Crippen LogP contribution in [0.2, 0.25) is 0 Å². The van der Waals surface area contributed by atoms with Gasteiger partial charge in [-0.15, -0.1) is 6.42 Å². The fourth-order valence-electron chi connectivity index (χ4n) is 1.83. The lowest BCUT2D eigenvalue weighted by Gasteiger charge is -2.14. The van der Waals surface area contributed by atoms with Crippen LogP contribution in [-0.2, 0) is 0 Å². The Bertz CT molecular complexity index is 521. The molecule has 0 bridgehead atoms. The Kier molecular flexibility index (Phi) is 7.87. The van der Waals surface area contributed by atoms with Crippen LogP contribution in [0.5, 0.6) is 5.75 Å². The summed E-state index contributed by atoms with van der Waals surface area (Å²) in [5.74, 6) is 3.83. The van der Waals surface area contributed by atoms with Gasteiger partial charge in [0.05, 0.1) is 25.3 Å². The van der Waals surface area contributed by atoms with Crippen LogP contribution in [0.15, 0.2) is 29.3 Å². The Labute approximate surface area is 132 Å².